The molecule has 96 valence electrons. The third kappa shape index (κ3) is 2.03. The molecule has 0 bridgehead atoms. The predicted molar refractivity (Wildman–Crippen MR) is 72.7 cm³/mol. The second kappa shape index (κ2) is 4.35. The van der Waals surface area contributed by atoms with E-state index in [1.165, 1.54) is 0 Å². The van der Waals surface area contributed by atoms with Crippen molar-refractivity contribution >= 4 is 17.5 Å². The Kier molecular flexibility index (Phi) is 2.67. The number of hydrogen-bond acceptors (Lipinski definition) is 5. The summed E-state index contributed by atoms with van der Waals surface area (Å²) in [7, 11) is 0. The van der Waals surface area contributed by atoms with Crippen LogP contribution in [0.2, 0.25) is 0 Å². The second-order valence-corrected chi connectivity index (χ2v) is 4.73. The molecule has 0 aliphatic heterocycles. The largest absolute Gasteiger partial charge is 0.383 e. The van der Waals surface area contributed by atoms with E-state index in [0.717, 1.165) is 5.56 Å². The van der Waals surface area contributed by atoms with Crippen LogP contribution in [0.4, 0.5) is 11.8 Å². The van der Waals surface area contributed by atoms with Crippen LogP contribution in [0.5, 0.6) is 0 Å². The molecule has 4 N–H and O–H groups in total. The lowest BCUT2D eigenvalue weighted by molar-refractivity contribution is 0.0964. The van der Waals surface area contributed by atoms with Crippen molar-refractivity contribution < 1.29 is 4.79 Å². The van der Waals surface area contributed by atoms with Gasteiger partial charge in [0.2, 0.25) is 5.95 Å². The molecular weight excluding hydrogens is 240 g/mol. The number of hydrogen-bond donors (Lipinski definition) is 2. The summed E-state index contributed by atoms with van der Waals surface area (Å²) in [6, 6.07) is 9.95. The normalized spacial score (nSPS) is 18.1. The first kappa shape index (κ1) is 11.6. The highest BCUT2D eigenvalue weighted by atomic mass is 16.1. The molecule has 1 aromatic heterocycles. The Balaban J connectivity index is 2.03. The van der Waals surface area contributed by atoms with E-state index in [2.05, 4.69) is 9.97 Å². The van der Waals surface area contributed by atoms with Gasteiger partial charge in [0.25, 0.3) is 0 Å². The summed E-state index contributed by atoms with van der Waals surface area (Å²) in [6.07, 6.45) is 1.11. The molecule has 0 saturated heterocycles. The molecule has 2 aromatic rings. The van der Waals surface area contributed by atoms with Crippen LogP contribution < -0.4 is 11.5 Å². The van der Waals surface area contributed by atoms with Gasteiger partial charge in [-0.25, -0.2) is 4.98 Å². The minimum atomic E-state index is -0.00685. The fraction of sp³-hybridized carbons (Fsp3) is 0.214. The van der Waals surface area contributed by atoms with Gasteiger partial charge >= 0.3 is 0 Å². The average Bonchev–Trinajstić information content (AvgIpc) is 2.38. The van der Waals surface area contributed by atoms with Crippen LogP contribution in [0, 0.1) is 0 Å². The number of nitrogen functional groups attached to an aromatic ring is 2. The molecule has 19 heavy (non-hydrogen) atoms. The molecule has 1 unspecified atom stereocenters. The van der Waals surface area contributed by atoms with E-state index in [-0.39, 0.29) is 23.5 Å². The molecule has 3 rings (SSSR count). The van der Waals surface area contributed by atoms with Crippen LogP contribution >= 0.6 is 0 Å². The van der Waals surface area contributed by atoms with Crippen molar-refractivity contribution in [1.29, 1.82) is 0 Å². The summed E-state index contributed by atoms with van der Waals surface area (Å²) < 4.78 is 0. The first-order valence-electron chi connectivity index (χ1n) is 6.15. The van der Waals surface area contributed by atoms with Gasteiger partial charge in [-0.3, -0.25) is 4.79 Å². The quantitative estimate of drug-likeness (QED) is 0.805. The fourth-order valence-electron chi connectivity index (χ4n) is 2.59. The van der Waals surface area contributed by atoms with Gasteiger partial charge in [-0.05, 0) is 17.9 Å². The summed E-state index contributed by atoms with van der Waals surface area (Å²) in [6.45, 7) is 0. The lowest BCUT2D eigenvalue weighted by Gasteiger charge is -2.23. The molecule has 1 aliphatic carbocycles. The smallest absolute Gasteiger partial charge is 0.222 e. The van der Waals surface area contributed by atoms with Crippen molar-refractivity contribution in [3.05, 3.63) is 47.2 Å². The van der Waals surface area contributed by atoms with E-state index in [1.807, 2.05) is 30.3 Å². The minimum absolute atomic E-state index is 0.00685. The lowest BCUT2D eigenvalue weighted by atomic mass is 9.82. The summed E-state index contributed by atoms with van der Waals surface area (Å²) in [5.41, 5.74) is 13.6. The Morgan fingerprint density at radius 3 is 2.53 bits per heavy atom. The van der Waals surface area contributed by atoms with Gasteiger partial charge < -0.3 is 11.5 Å². The highest BCUT2D eigenvalue weighted by molar-refractivity contribution is 6.02. The molecule has 0 radical (unpaired) electrons. The molecular formula is C14H14N4O. The van der Waals surface area contributed by atoms with Crippen LogP contribution in [-0.4, -0.2) is 15.8 Å². The van der Waals surface area contributed by atoms with Crippen molar-refractivity contribution in [1.82, 2.24) is 9.97 Å². The number of carbonyl (C=O) groups excluding carboxylic acids is 1. The van der Waals surface area contributed by atoms with Crippen LogP contribution in [-0.2, 0) is 6.42 Å². The van der Waals surface area contributed by atoms with E-state index in [0.29, 0.717) is 24.1 Å². The number of rotatable bonds is 1. The average molecular weight is 254 g/mol. The molecule has 1 aromatic carbocycles. The van der Waals surface area contributed by atoms with E-state index in [9.17, 15) is 4.79 Å². The Morgan fingerprint density at radius 1 is 1.05 bits per heavy atom. The summed E-state index contributed by atoms with van der Waals surface area (Å²) >= 11 is 0. The summed E-state index contributed by atoms with van der Waals surface area (Å²) in [5, 5.41) is 0. The number of aromatic nitrogens is 2. The van der Waals surface area contributed by atoms with Crippen molar-refractivity contribution in [3.8, 4) is 0 Å². The highest BCUT2D eigenvalue weighted by Crippen LogP contribution is 2.33. The van der Waals surface area contributed by atoms with E-state index < -0.39 is 0 Å². The van der Waals surface area contributed by atoms with Crippen molar-refractivity contribution in [2.75, 3.05) is 11.5 Å². The molecule has 1 atom stereocenters. The van der Waals surface area contributed by atoms with Gasteiger partial charge in [0.05, 0.1) is 11.3 Å². The monoisotopic (exact) mass is 254 g/mol. The lowest BCUT2D eigenvalue weighted by Crippen LogP contribution is -2.23. The fourth-order valence-corrected chi connectivity index (χ4v) is 2.59. The third-order valence-electron chi connectivity index (χ3n) is 3.45. The van der Waals surface area contributed by atoms with Gasteiger partial charge in [-0.1, -0.05) is 30.3 Å². The SMILES string of the molecule is Nc1nc(N)c2c(n1)CC(c1ccccc1)CC2=O. The Bertz CT molecular complexity index is 639. The zero-order valence-electron chi connectivity index (χ0n) is 10.3. The van der Waals surface area contributed by atoms with Crippen LogP contribution in [0.3, 0.4) is 0 Å². The van der Waals surface area contributed by atoms with Crippen LogP contribution in [0.25, 0.3) is 0 Å². The number of anilines is 2. The maximum Gasteiger partial charge on any atom is 0.222 e. The second-order valence-electron chi connectivity index (χ2n) is 4.73. The van der Waals surface area contributed by atoms with Gasteiger partial charge in [0.1, 0.15) is 5.82 Å². The summed E-state index contributed by atoms with van der Waals surface area (Å²) in [4.78, 5) is 20.2. The van der Waals surface area contributed by atoms with Crippen molar-refractivity contribution in [2.45, 2.75) is 18.8 Å². The zero-order chi connectivity index (χ0) is 13.4. The molecule has 0 amide bonds. The topological polar surface area (TPSA) is 94.9 Å². The van der Waals surface area contributed by atoms with Crippen LogP contribution in [0.1, 0.15) is 34.0 Å². The Hall–Kier alpha value is -2.43. The molecule has 5 heteroatoms. The Labute approximate surface area is 110 Å². The number of Topliss-reactive ketones (excluding diaryl/α,β-unsaturated/α-hetero) is 1. The molecule has 0 fully saturated rings. The van der Waals surface area contributed by atoms with Gasteiger partial charge in [-0.15, -0.1) is 0 Å². The van der Waals surface area contributed by atoms with Crippen molar-refractivity contribution in [3.63, 3.8) is 0 Å². The third-order valence-corrected chi connectivity index (χ3v) is 3.45. The predicted octanol–water partition coefficient (Wildman–Crippen LogP) is 1.55. The van der Waals surface area contributed by atoms with E-state index in [4.69, 9.17) is 11.5 Å². The van der Waals surface area contributed by atoms with Gasteiger partial charge in [0.15, 0.2) is 5.78 Å². The zero-order valence-corrected chi connectivity index (χ0v) is 10.3. The number of nitrogens with two attached hydrogens (primary N) is 2. The number of nitrogens with zero attached hydrogens (tertiary/aromatic N) is 2. The van der Waals surface area contributed by atoms with E-state index >= 15 is 0 Å². The van der Waals surface area contributed by atoms with Crippen molar-refractivity contribution in [2.24, 2.45) is 0 Å². The maximum absolute atomic E-state index is 12.2. The number of benzene rings is 1. The Morgan fingerprint density at radius 2 is 1.79 bits per heavy atom. The van der Waals surface area contributed by atoms with Crippen LogP contribution in [0.15, 0.2) is 30.3 Å². The van der Waals surface area contributed by atoms with E-state index in [1.54, 1.807) is 0 Å². The molecule has 0 spiro atoms. The maximum atomic E-state index is 12.2. The summed E-state index contributed by atoms with van der Waals surface area (Å²) in [5.74, 6) is 0.444. The minimum Gasteiger partial charge on any atom is -0.383 e. The molecule has 5 nitrogen and oxygen atoms in total. The standard InChI is InChI=1S/C14H14N4O/c15-13-12-10(17-14(16)18-13)6-9(7-11(12)19)8-4-2-1-3-5-8/h1-5,9H,6-7H2,(H4,15,16,17,18). The molecule has 0 saturated carbocycles. The highest BCUT2D eigenvalue weighted by Gasteiger charge is 2.29. The molecule has 1 heterocycles. The van der Waals surface area contributed by atoms with Gasteiger partial charge in [0, 0.05) is 6.42 Å². The number of carbonyl (C=O) groups is 1. The van der Waals surface area contributed by atoms with Gasteiger partial charge in [-0.2, -0.15) is 4.98 Å². The number of fused-ring (bicyclic) bond motifs is 1. The molecule has 1 aliphatic rings. The first-order chi connectivity index (χ1) is 9.15. The first-order valence-corrected chi connectivity index (χ1v) is 6.15. The number of ketones is 1.